The first-order valence-corrected chi connectivity index (χ1v) is 6.07. The third-order valence-corrected chi connectivity index (χ3v) is 2.95. The number of anilines is 1. The number of hydrogen-bond acceptors (Lipinski definition) is 4. The maximum atomic E-state index is 11.4. The summed E-state index contributed by atoms with van der Waals surface area (Å²) in [6.45, 7) is 2.34. The van der Waals surface area contributed by atoms with Gasteiger partial charge in [0, 0.05) is 24.6 Å². The van der Waals surface area contributed by atoms with Crippen molar-refractivity contribution in [2.45, 2.75) is 32.6 Å². The molecule has 0 saturated heterocycles. The highest BCUT2D eigenvalue weighted by Crippen LogP contribution is 2.30. The van der Waals surface area contributed by atoms with Gasteiger partial charge in [-0.2, -0.15) is 0 Å². The van der Waals surface area contributed by atoms with E-state index in [2.05, 4.69) is 10.3 Å². The first-order chi connectivity index (χ1) is 8.72. The van der Waals surface area contributed by atoms with Gasteiger partial charge in [0.25, 0.3) is 0 Å². The molecule has 0 unspecified atom stereocenters. The van der Waals surface area contributed by atoms with Crippen LogP contribution in [0.4, 0.5) is 5.69 Å². The zero-order valence-corrected chi connectivity index (χ0v) is 10.4. The van der Waals surface area contributed by atoms with Crippen LogP contribution in [0.5, 0.6) is 5.88 Å². The molecule has 0 aromatic carbocycles. The first-order valence-electron chi connectivity index (χ1n) is 6.07. The highest BCUT2D eigenvalue weighted by molar-refractivity contribution is 5.95. The van der Waals surface area contributed by atoms with E-state index >= 15 is 0 Å². The van der Waals surface area contributed by atoms with Crippen molar-refractivity contribution in [2.24, 2.45) is 0 Å². The van der Waals surface area contributed by atoms with Gasteiger partial charge in [0.05, 0.1) is 12.3 Å². The van der Waals surface area contributed by atoms with Gasteiger partial charge in [-0.05, 0) is 25.3 Å². The number of nitrogens with zero attached hydrogens (tertiary/aromatic N) is 1. The lowest BCUT2D eigenvalue weighted by Gasteiger charge is -2.20. The minimum absolute atomic E-state index is 0.0312. The number of aryl methyl sites for hydroxylation is 1. The van der Waals surface area contributed by atoms with Gasteiger partial charge in [0.1, 0.15) is 6.29 Å². The molecule has 1 N–H and O–H groups in total. The molecule has 18 heavy (non-hydrogen) atoms. The molecule has 5 heteroatoms. The Morgan fingerprint density at radius 3 is 3.11 bits per heavy atom. The van der Waals surface area contributed by atoms with Crippen LogP contribution in [0.3, 0.4) is 0 Å². The number of hydrogen-bond donors (Lipinski definition) is 1. The zero-order valence-electron chi connectivity index (χ0n) is 10.4. The largest absolute Gasteiger partial charge is 0.477 e. The Morgan fingerprint density at radius 1 is 1.50 bits per heavy atom. The van der Waals surface area contributed by atoms with Crippen LogP contribution in [0, 0.1) is 6.92 Å². The molecule has 0 atom stereocenters. The highest BCUT2D eigenvalue weighted by Gasteiger charge is 2.19. The maximum Gasteiger partial charge on any atom is 0.224 e. The number of carbonyl (C=O) groups is 2. The number of fused-ring (bicyclic) bond motifs is 1. The fourth-order valence-electron chi connectivity index (χ4n) is 1.94. The molecule has 1 aromatic rings. The number of aromatic nitrogens is 1. The Labute approximate surface area is 106 Å². The van der Waals surface area contributed by atoms with Crippen LogP contribution in [0.2, 0.25) is 0 Å². The molecule has 0 saturated carbocycles. The van der Waals surface area contributed by atoms with E-state index in [1.165, 1.54) is 0 Å². The molecule has 0 radical (unpaired) electrons. The van der Waals surface area contributed by atoms with E-state index < -0.39 is 0 Å². The van der Waals surface area contributed by atoms with Crippen molar-refractivity contribution in [3.8, 4) is 5.88 Å². The van der Waals surface area contributed by atoms with E-state index in [-0.39, 0.29) is 5.91 Å². The Balaban J connectivity index is 2.10. The quantitative estimate of drug-likeness (QED) is 0.635. The van der Waals surface area contributed by atoms with Crippen molar-refractivity contribution < 1.29 is 14.3 Å². The van der Waals surface area contributed by atoms with Gasteiger partial charge in [0.15, 0.2) is 0 Å². The summed E-state index contributed by atoms with van der Waals surface area (Å²) in [7, 11) is 0. The molecule has 1 amide bonds. The highest BCUT2D eigenvalue weighted by atomic mass is 16.5. The lowest BCUT2D eigenvalue weighted by Crippen LogP contribution is -2.20. The van der Waals surface area contributed by atoms with Crippen molar-refractivity contribution in [3.63, 3.8) is 0 Å². The summed E-state index contributed by atoms with van der Waals surface area (Å²) in [5.74, 6) is 0.561. The summed E-state index contributed by atoms with van der Waals surface area (Å²) in [4.78, 5) is 25.8. The molecule has 1 aliphatic heterocycles. The molecule has 2 heterocycles. The standard InChI is InChI=1S/C13H16N2O3/c1-9-12-10(4-5-11(17)15-12)8-14-13(9)18-7-3-2-6-16/h6,8H,2-5,7H2,1H3,(H,15,17). The Bertz CT molecular complexity index is 472. The summed E-state index contributed by atoms with van der Waals surface area (Å²) in [6.07, 6.45) is 5.01. The van der Waals surface area contributed by atoms with E-state index in [4.69, 9.17) is 4.74 Å². The van der Waals surface area contributed by atoms with E-state index in [1.807, 2.05) is 6.92 Å². The lowest BCUT2D eigenvalue weighted by molar-refractivity contribution is -0.116. The van der Waals surface area contributed by atoms with E-state index in [1.54, 1.807) is 6.20 Å². The van der Waals surface area contributed by atoms with Gasteiger partial charge in [-0.15, -0.1) is 0 Å². The number of pyridine rings is 1. The molecule has 5 nitrogen and oxygen atoms in total. The summed E-state index contributed by atoms with van der Waals surface area (Å²) >= 11 is 0. The Kier molecular flexibility index (Phi) is 3.92. The average Bonchev–Trinajstić information content (AvgIpc) is 2.38. The Hall–Kier alpha value is -1.91. The summed E-state index contributed by atoms with van der Waals surface area (Å²) in [5, 5.41) is 2.86. The normalized spacial score (nSPS) is 13.7. The average molecular weight is 248 g/mol. The van der Waals surface area contributed by atoms with Gasteiger partial charge < -0.3 is 14.8 Å². The molecule has 2 rings (SSSR count). The number of aldehydes is 1. The molecule has 0 fully saturated rings. The number of ether oxygens (including phenoxy) is 1. The van der Waals surface area contributed by atoms with Crippen molar-refractivity contribution in [2.75, 3.05) is 11.9 Å². The van der Waals surface area contributed by atoms with Crippen LogP contribution < -0.4 is 10.1 Å². The van der Waals surface area contributed by atoms with Crippen LogP contribution in [0.15, 0.2) is 6.20 Å². The predicted octanol–water partition coefficient (Wildman–Crippen LogP) is 1.63. The minimum atomic E-state index is 0.0312. The second-order valence-corrected chi connectivity index (χ2v) is 4.29. The topological polar surface area (TPSA) is 68.3 Å². The Morgan fingerprint density at radius 2 is 2.33 bits per heavy atom. The summed E-state index contributed by atoms with van der Waals surface area (Å²) < 4.78 is 5.52. The van der Waals surface area contributed by atoms with Gasteiger partial charge >= 0.3 is 0 Å². The molecule has 0 spiro atoms. The third kappa shape index (κ3) is 2.67. The monoisotopic (exact) mass is 248 g/mol. The number of nitrogens with one attached hydrogen (secondary N) is 1. The van der Waals surface area contributed by atoms with Gasteiger partial charge in [0.2, 0.25) is 11.8 Å². The second kappa shape index (κ2) is 5.62. The minimum Gasteiger partial charge on any atom is -0.477 e. The zero-order chi connectivity index (χ0) is 13.0. The van der Waals surface area contributed by atoms with Crippen LogP contribution in [-0.2, 0) is 16.0 Å². The molecule has 0 aliphatic carbocycles. The SMILES string of the molecule is Cc1c(OCCCC=O)ncc2c1NC(=O)CC2. The summed E-state index contributed by atoms with van der Waals surface area (Å²) in [6, 6.07) is 0. The van der Waals surface area contributed by atoms with E-state index in [0.717, 1.165) is 29.5 Å². The van der Waals surface area contributed by atoms with Crippen LogP contribution in [-0.4, -0.2) is 23.8 Å². The van der Waals surface area contributed by atoms with E-state index in [9.17, 15) is 9.59 Å². The van der Waals surface area contributed by atoms with Gasteiger partial charge in [-0.25, -0.2) is 4.98 Å². The first kappa shape index (κ1) is 12.5. The van der Waals surface area contributed by atoms with Crippen molar-refractivity contribution in [1.82, 2.24) is 4.98 Å². The second-order valence-electron chi connectivity index (χ2n) is 4.29. The van der Waals surface area contributed by atoms with Gasteiger partial charge in [-0.1, -0.05) is 0 Å². The smallest absolute Gasteiger partial charge is 0.224 e. The molecular weight excluding hydrogens is 232 g/mol. The maximum absolute atomic E-state index is 11.4. The third-order valence-electron chi connectivity index (χ3n) is 2.95. The number of carbonyl (C=O) groups excluding carboxylic acids is 2. The van der Waals surface area contributed by atoms with Crippen molar-refractivity contribution in [3.05, 3.63) is 17.3 Å². The molecular formula is C13H16N2O3. The fraction of sp³-hybridized carbons (Fsp3) is 0.462. The van der Waals surface area contributed by atoms with Crippen LogP contribution in [0.25, 0.3) is 0 Å². The predicted molar refractivity (Wildman–Crippen MR) is 66.7 cm³/mol. The number of amides is 1. The molecule has 1 aromatic heterocycles. The van der Waals surface area contributed by atoms with Crippen molar-refractivity contribution in [1.29, 1.82) is 0 Å². The van der Waals surface area contributed by atoms with Crippen LogP contribution in [0.1, 0.15) is 30.4 Å². The number of rotatable bonds is 5. The molecule has 1 aliphatic rings. The van der Waals surface area contributed by atoms with E-state index in [0.29, 0.717) is 31.7 Å². The summed E-state index contributed by atoms with van der Waals surface area (Å²) in [5.41, 5.74) is 2.73. The lowest BCUT2D eigenvalue weighted by atomic mass is 10.0. The van der Waals surface area contributed by atoms with Gasteiger partial charge in [-0.3, -0.25) is 4.79 Å². The molecule has 0 bridgehead atoms. The van der Waals surface area contributed by atoms with Crippen LogP contribution >= 0.6 is 0 Å². The van der Waals surface area contributed by atoms with Crippen molar-refractivity contribution >= 4 is 17.9 Å². The molecule has 96 valence electrons. The fourth-order valence-corrected chi connectivity index (χ4v) is 1.94. The number of unbranched alkanes of at least 4 members (excludes halogenated alkanes) is 1.